The molecule has 1 heterocycles. The summed E-state index contributed by atoms with van der Waals surface area (Å²) in [5, 5.41) is 11.2. The number of furan rings is 1. The maximum absolute atomic E-state index is 13.1. The van der Waals surface area contributed by atoms with Crippen LogP contribution in [0.3, 0.4) is 0 Å². The van der Waals surface area contributed by atoms with E-state index in [0.717, 1.165) is 6.07 Å². The average Bonchev–Trinajstić information content (AvgIpc) is 2.97. The molecular formula is C19H17F3N2O5. The molecule has 29 heavy (non-hydrogen) atoms. The molecule has 0 saturated heterocycles. The fraction of sp³-hybridized carbons (Fsp3) is 0.368. The molecule has 0 bridgehead atoms. The molecule has 0 N–H and O–H groups in total. The lowest BCUT2D eigenvalue weighted by atomic mass is 9.94. The first-order valence-electron chi connectivity index (χ1n) is 8.82. The summed E-state index contributed by atoms with van der Waals surface area (Å²) in [5.74, 6) is -1.33. The number of aryl methyl sites for hydroxylation is 1. The van der Waals surface area contributed by atoms with Crippen molar-refractivity contribution in [3.05, 3.63) is 62.6 Å². The number of nitro benzene ring substituents is 1. The van der Waals surface area contributed by atoms with Gasteiger partial charge in [-0.2, -0.15) is 13.2 Å². The van der Waals surface area contributed by atoms with Gasteiger partial charge in [-0.1, -0.05) is 18.2 Å². The zero-order chi connectivity index (χ0) is 21.3. The Hall–Kier alpha value is -3.17. The molecule has 10 heteroatoms. The minimum Gasteiger partial charge on any atom is -0.455 e. The van der Waals surface area contributed by atoms with Crippen LogP contribution in [0.2, 0.25) is 0 Å². The van der Waals surface area contributed by atoms with Crippen LogP contribution in [0, 0.1) is 17.0 Å². The van der Waals surface area contributed by atoms with Crippen LogP contribution < -0.4 is 0 Å². The van der Waals surface area contributed by atoms with E-state index < -0.39 is 35.8 Å². The highest BCUT2D eigenvalue weighted by Crippen LogP contribution is 2.31. The summed E-state index contributed by atoms with van der Waals surface area (Å²) >= 11 is 0. The first-order valence-corrected chi connectivity index (χ1v) is 8.82. The smallest absolute Gasteiger partial charge is 0.406 e. The number of para-hydroxylation sites is 1. The van der Waals surface area contributed by atoms with Gasteiger partial charge in [0.25, 0.3) is 11.6 Å². The van der Waals surface area contributed by atoms with Crippen LogP contribution in [0.5, 0.6) is 0 Å². The number of carbonyl (C=O) groups excluding carboxylic acids is 2. The molecule has 0 atom stereocenters. The van der Waals surface area contributed by atoms with E-state index >= 15 is 0 Å². The molecule has 3 rings (SSSR count). The second-order valence-electron chi connectivity index (χ2n) is 6.79. The van der Waals surface area contributed by atoms with Crippen LogP contribution in [0.15, 0.2) is 28.7 Å². The lowest BCUT2D eigenvalue weighted by molar-refractivity contribution is -0.385. The standard InChI is InChI=1S/C19H17F3N2O5/c1-11-16-14(25)7-4-8-15(16)29-17(11)18(26)23(10-19(20,21)22)9-12-5-2-3-6-13(12)24(27)28/h2-3,5-6H,4,7-10H2,1H3. The van der Waals surface area contributed by atoms with Crippen molar-refractivity contribution in [2.24, 2.45) is 0 Å². The Labute approximate surface area is 163 Å². The third-order valence-electron chi connectivity index (χ3n) is 4.71. The molecule has 0 unspecified atom stereocenters. The minimum absolute atomic E-state index is 0.0415. The van der Waals surface area contributed by atoms with Crippen LogP contribution in [0.25, 0.3) is 0 Å². The number of rotatable bonds is 5. The van der Waals surface area contributed by atoms with E-state index in [-0.39, 0.29) is 34.7 Å². The van der Waals surface area contributed by atoms with Gasteiger partial charge in [0.1, 0.15) is 12.3 Å². The van der Waals surface area contributed by atoms with Crippen molar-refractivity contribution >= 4 is 17.4 Å². The van der Waals surface area contributed by atoms with Gasteiger partial charge < -0.3 is 9.32 Å². The lowest BCUT2D eigenvalue weighted by Gasteiger charge is -2.23. The first kappa shape index (κ1) is 20.6. The summed E-state index contributed by atoms with van der Waals surface area (Å²) in [4.78, 5) is 35.9. The van der Waals surface area contributed by atoms with Gasteiger partial charge in [-0.3, -0.25) is 19.7 Å². The van der Waals surface area contributed by atoms with E-state index in [0.29, 0.717) is 23.5 Å². The van der Waals surface area contributed by atoms with Gasteiger partial charge >= 0.3 is 6.18 Å². The number of hydrogen-bond acceptors (Lipinski definition) is 5. The maximum atomic E-state index is 13.1. The molecule has 7 nitrogen and oxygen atoms in total. The van der Waals surface area contributed by atoms with Gasteiger partial charge in [0.05, 0.1) is 17.0 Å². The van der Waals surface area contributed by atoms with Crippen molar-refractivity contribution in [3.63, 3.8) is 0 Å². The van der Waals surface area contributed by atoms with Gasteiger partial charge in [-0.05, 0) is 13.3 Å². The number of nitrogens with zero attached hydrogens (tertiary/aromatic N) is 2. The normalized spacial score (nSPS) is 13.9. The molecular weight excluding hydrogens is 393 g/mol. The molecule has 1 amide bonds. The summed E-state index contributed by atoms with van der Waals surface area (Å²) in [5.41, 5.74) is 0.0138. The Morgan fingerprint density at radius 2 is 1.97 bits per heavy atom. The SMILES string of the molecule is Cc1c(C(=O)N(Cc2ccccc2[N+](=O)[O-])CC(F)(F)F)oc2c1C(=O)CCC2. The topological polar surface area (TPSA) is 93.7 Å². The first-order chi connectivity index (χ1) is 13.6. The van der Waals surface area contributed by atoms with Crippen molar-refractivity contribution in [1.29, 1.82) is 0 Å². The van der Waals surface area contributed by atoms with Crippen molar-refractivity contribution in [2.75, 3.05) is 6.54 Å². The Bertz CT molecular complexity index is 981. The fourth-order valence-corrected chi connectivity index (χ4v) is 3.44. The Morgan fingerprint density at radius 3 is 2.59 bits per heavy atom. The summed E-state index contributed by atoms with van der Waals surface area (Å²) in [7, 11) is 0. The second kappa shape index (κ2) is 7.69. The number of nitro groups is 1. The number of benzene rings is 1. The van der Waals surface area contributed by atoms with E-state index in [1.54, 1.807) is 0 Å². The minimum atomic E-state index is -4.73. The molecule has 0 aliphatic heterocycles. The number of Topliss-reactive ketones (excluding diaryl/α,β-unsaturated/α-hetero) is 1. The van der Waals surface area contributed by atoms with Crippen LogP contribution >= 0.6 is 0 Å². The molecule has 2 aromatic rings. The van der Waals surface area contributed by atoms with E-state index in [2.05, 4.69) is 0 Å². The van der Waals surface area contributed by atoms with Crippen LogP contribution in [0.1, 0.15) is 50.6 Å². The molecule has 1 aliphatic rings. The second-order valence-corrected chi connectivity index (χ2v) is 6.79. The van der Waals surface area contributed by atoms with Gasteiger partial charge in [0.2, 0.25) is 0 Å². The molecule has 154 valence electrons. The monoisotopic (exact) mass is 410 g/mol. The van der Waals surface area contributed by atoms with Crippen LogP contribution in [0.4, 0.5) is 18.9 Å². The lowest BCUT2D eigenvalue weighted by Crippen LogP contribution is -2.38. The Morgan fingerprint density at radius 1 is 1.28 bits per heavy atom. The van der Waals surface area contributed by atoms with Crippen LogP contribution in [-0.2, 0) is 13.0 Å². The predicted octanol–water partition coefficient (Wildman–Crippen LogP) is 4.22. The molecule has 1 aromatic carbocycles. The Balaban J connectivity index is 1.99. The molecule has 1 aliphatic carbocycles. The Kier molecular flexibility index (Phi) is 5.45. The average molecular weight is 410 g/mol. The fourth-order valence-electron chi connectivity index (χ4n) is 3.44. The summed E-state index contributed by atoms with van der Waals surface area (Å²) < 4.78 is 44.8. The van der Waals surface area contributed by atoms with Gasteiger partial charge in [-0.15, -0.1) is 0 Å². The molecule has 1 aromatic heterocycles. The van der Waals surface area contributed by atoms with Crippen molar-refractivity contribution in [2.45, 2.75) is 38.9 Å². The highest BCUT2D eigenvalue weighted by Gasteiger charge is 2.37. The third kappa shape index (κ3) is 4.30. The summed E-state index contributed by atoms with van der Waals surface area (Å²) in [6.07, 6.45) is -3.49. The number of carbonyl (C=O) groups is 2. The summed E-state index contributed by atoms with van der Waals surface area (Å²) in [6.45, 7) is -0.791. The van der Waals surface area contributed by atoms with E-state index in [1.807, 2.05) is 0 Å². The highest BCUT2D eigenvalue weighted by atomic mass is 19.4. The third-order valence-corrected chi connectivity index (χ3v) is 4.71. The number of halogens is 3. The van der Waals surface area contributed by atoms with Crippen molar-refractivity contribution in [1.82, 2.24) is 4.90 Å². The quantitative estimate of drug-likeness (QED) is 0.543. The summed E-state index contributed by atoms with van der Waals surface area (Å²) in [6, 6.07) is 5.27. The van der Waals surface area contributed by atoms with Gasteiger partial charge in [-0.25, -0.2) is 0 Å². The van der Waals surface area contributed by atoms with E-state index in [9.17, 15) is 32.9 Å². The van der Waals surface area contributed by atoms with E-state index in [1.165, 1.54) is 25.1 Å². The zero-order valence-electron chi connectivity index (χ0n) is 15.4. The molecule has 0 fully saturated rings. The van der Waals surface area contributed by atoms with Gasteiger partial charge in [0, 0.05) is 30.0 Å². The molecule has 0 spiro atoms. The largest absolute Gasteiger partial charge is 0.455 e. The van der Waals surface area contributed by atoms with E-state index in [4.69, 9.17) is 4.42 Å². The molecule has 0 saturated carbocycles. The molecule has 0 radical (unpaired) electrons. The number of ketones is 1. The zero-order valence-corrected chi connectivity index (χ0v) is 15.4. The maximum Gasteiger partial charge on any atom is 0.406 e. The number of amides is 1. The van der Waals surface area contributed by atoms with Crippen molar-refractivity contribution < 1.29 is 32.1 Å². The predicted molar refractivity (Wildman–Crippen MR) is 94.6 cm³/mol. The highest BCUT2D eigenvalue weighted by molar-refractivity contribution is 6.03. The van der Waals surface area contributed by atoms with Crippen molar-refractivity contribution in [3.8, 4) is 0 Å². The number of hydrogen-bond donors (Lipinski definition) is 0. The van der Waals surface area contributed by atoms with Crippen LogP contribution in [-0.4, -0.2) is 34.2 Å². The number of alkyl halides is 3. The number of fused-ring (bicyclic) bond motifs is 1. The van der Waals surface area contributed by atoms with Gasteiger partial charge in [0.15, 0.2) is 11.5 Å².